The Kier molecular flexibility index (Phi) is 13.0. The molecular weight excluding hydrogens is 778 g/mol. The van der Waals surface area contributed by atoms with Crippen LogP contribution in [0.5, 0.6) is 0 Å². The van der Waals surface area contributed by atoms with E-state index in [0.717, 1.165) is 9.47 Å². The lowest BCUT2D eigenvalue weighted by atomic mass is 10.1. The van der Waals surface area contributed by atoms with Gasteiger partial charge in [-0.15, -0.1) is 22.0 Å². The third-order valence-corrected chi connectivity index (χ3v) is 4.57. The molecule has 0 atom stereocenters. The Bertz CT molecular complexity index is 1050. The standard InChI is InChI=1S/C17H10F26O5/c18-6(19,20)4-2-1-3-5-44-17(42,43)48-15(37,38)14(35,36)46-13(33,34)9(25,26)12(31,32)45-10(27,28)7(21,22)8(23,24)11(29,30)47-16(39,40)41/h1-5H2. The van der Waals surface area contributed by atoms with Crippen LogP contribution in [0.2, 0.25) is 0 Å². The first-order valence-corrected chi connectivity index (χ1v) is 10.9. The first-order chi connectivity index (χ1) is 20.5. The minimum Gasteiger partial charge on any atom is -0.296 e. The van der Waals surface area contributed by atoms with Crippen molar-refractivity contribution in [2.24, 2.45) is 0 Å². The van der Waals surface area contributed by atoms with Gasteiger partial charge in [0.15, 0.2) is 0 Å². The molecule has 0 aromatic rings. The Labute approximate surface area is 244 Å². The van der Waals surface area contributed by atoms with Gasteiger partial charge in [-0.3, -0.25) is 4.74 Å². The van der Waals surface area contributed by atoms with E-state index in [9.17, 15) is 114 Å². The molecule has 48 heavy (non-hydrogen) atoms. The monoisotopic (exact) mass is 788 g/mol. The van der Waals surface area contributed by atoms with Gasteiger partial charge >= 0.3 is 73.3 Å². The number of unbranched alkanes of at least 4 members (excludes halogenated alkanes) is 2. The molecule has 0 aromatic heterocycles. The van der Waals surface area contributed by atoms with Gasteiger partial charge in [0, 0.05) is 6.42 Å². The second kappa shape index (κ2) is 13.6. The summed E-state index contributed by atoms with van der Waals surface area (Å²) >= 11 is 0. The van der Waals surface area contributed by atoms with E-state index >= 15 is 0 Å². The molecule has 0 rings (SSSR count). The van der Waals surface area contributed by atoms with E-state index < -0.39 is 106 Å². The zero-order valence-corrected chi connectivity index (χ0v) is 21.4. The molecule has 0 bridgehead atoms. The van der Waals surface area contributed by atoms with Crippen molar-refractivity contribution >= 4 is 0 Å². The largest absolute Gasteiger partial charge is 0.527 e. The van der Waals surface area contributed by atoms with Crippen LogP contribution in [0, 0.1) is 0 Å². The second-order valence-electron chi connectivity index (χ2n) is 8.42. The summed E-state index contributed by atoms with van der Waals surface area (Å²) in [6.45, 7) is -1.67. The van der Waals surface area contributed by atoms with Gasteiger partial charge in [0.2, 0.25) is 0 Å². The van der Waals surface area contributed by atoms with Crippen molar-refractivity contribution in [1.29, 1.82) is 0 Å². The minimum absolute atomic E-state index is 0.699. The molecule has 0 aliphatic rings. The Morgan fingerprint density at radius 2 is 0.646 bits per heavy atom. The summed E-state index contributed by atoms with van der Waals surface area (Å²) < 4.78 is 346. The summed E-state index contributed by atoms with van der Waals surface area (Å²) in [5.41, 5.74) is 0. The van der Waals surface area contributed by atoms with Gasteiger partial charge in [-0.25, -0.2) is 18.9 Å². The van der Waals surface area contributed by atoms with Crippen LogP contribution in [-0.2, 0) is 23.7 Å². The van der Waals surface area contributed by atoms with Crippen molar-refractivity contribution in [2.45, 2.75) is 98.9 Å². The lowest BCUT2D eigenvalue weighted by Crippen LogP contribution is -2.68. The molecule has 0 aliphatic heterocycles. The van der Waals surface area contributed by atoms with Crippen molar-refractivity contribution < 1.29 is 138 Å². The second-order valence-corrected chi connectivity index (χ2v) is 8.42. The Morgan fingerprint density at radius 3 is 1.02 bits per heavy atom. The molecule has 31 heteroatoms. The van der Waals surface area contributed by atoms with Crippen LogP contribution in [-0.4, -0.2) is 79.9 Å². The predicted octanol–water partition coefficient (Wildman–Crippen LogP) is 9.72. The van der Waals surface area contributed by atoms with E-state index in [4.69, 9.17) is 0 Å². The number of ether oxygens (including phenoxy) is 5. The van der Waals surface area contributed by atoms with Crippen LogP contribution in [0.3, 0.4) is 0 Å². The van der Waals surface area contributed by atoms with Gasteiger partial charge in [0.05, 0.1) is 6.61 Å². The molecule has 0 saturated carbocycles. The smallest absolute Gasteiger partial charge is 0.296 e. The molecule has 5 nitrogen and oxygen atoms in total. The zero-order chi connectivity index (χ0) is 39.1. The number of alkyl halides is 26. The third kappa shape index (κ3) is 10.7. The topological polar surface area (TPSA) is 46.2 Å². The van der Waals surface area contributed by atoms with Gasteiger partial charge in [-0.2, -0.15) is 92.2 Å². The lowest BCUT2D eigenvalue weighted by Gasteiger charge is -2.39. The molecule has 0 aromatic carbocycles. The highest BCUT2D eigenvalue weighted by Crippen LogP contribution is 2.58. The molecule has 0 radical (unpaired) electrons. The molecule has 0 saturated heterocycles. The maximum absolute atomic E-state index is 13.5. The zero-order valence-electron chi connectivity index (χ0n) is 21.4. The predicted molar refractivity (Wildman–Crippen MR) is 90.3 cm³/mol. The van der Waals surface area contributed by atoms with Gasteiger partial charge in [0.25, 0.3) is 0 Å². The summed E-state index contributed by atoms with van der Waals surface area (Å²) in [4.78, 5) is 0. The number of hydrogen-bond donors (Lipinski definition) is 0. The highest BCUT2D eigenvalue weighted by Gasteiger charge is 2.88. The maximum atomic E-state index is 13.5. The average Bonchev–Trinajstić information content (AvgIpc) is 2.76. The highest BCUT2D eigenvalue weighted by molar-refractivity contribution is 4.99. The van der Waals surface area contributed by atoms with Gasteiger partial charge in [-0.1, -0.05) is 6.42 Å². The lowest BCUT2D eigenvalue weighted by molar-refractivity contribution is -0.575. The molecule has 0 amide bonds. The Hall–Kier alpha value is -2.02. The summed E-state index contributed by atoms with van der Waals surface area (Å²) in [6, 6.07) is 0. The molecule has 0 unspecified atom stereocenters. The normalized spacial score (nSPS) is 16.1. The molecule has 0 spiro atoms. The van der Waals surface area contributed by atoms with E-state index in [2.05, 4.69) is 4.74 Å². The fourth-order valence-corrected chi connectivity index (χ4v) is 2.35. The summed E-state index contributed by atoms with van der Waals surface area (Å²) in [7, 11) is 0. The van der Waals surface area contributed by atoms with Gasteiger partial charge in [0.1, 0.15) is 0 Å². The summed E-state index contributed by atoms with van der Waals surface area (Å²) in [6.07, 6.45) is -70.6. The van der Waals surface area contributed by atoms with Crippen molar-refractivity contribution in [3.8, 4) is 0 Å². The van der Waals surface area contributed by atoms with Crippen molar-refractivity contribution in [3.05, 3.63) is 0 Å². The van der Waals surface area contributed by atoms with Crippen molar-refractivity contribution in [1.82, 2.24) is 0 Å². The van der Waals surface area contributed by atoms with Crippen molar-refractivity contribution in [2.75, 3.05) is 6.61 Å². The fourth-order valence-electron chi connectivity index (χ4n) is 2.35. The quantitative estimate of drug-likeness (QED) is 0.0742. The van der Waals surface area contributed by atoms with Crippen LogP contribution in [0.1, 0.15) is 25.7 Å². The fraction of sp³-hybridized carbons (Fsp3) is 1.00. The number of rotatable bonds is 19. The van der Waals surface area contributed by atoms with Crippen LogP contribution in [0.25, 0.3) is 0 Å². The van der Waals surface area contributed by atoms with Gasteiger partial charge < -0.3 is 0 Å². The Balaban J connectivity index is 6.05. The van der Waals surface area contributed by atoms with Crippen LogP contribution >= 0.6 is 0 Å². The average molecular weight is 788 g/mol. The Morgan fingerprint density at radius 1 is 0.312 bits per heavy atom. The van der Waals surface area contributed by atoms with E-state index in [0.29, 0.717) is 0 Å². The van der Waals surface area contributed by atoms with Crippen LogP contribution in [0.15, 0.2) is 0 Å². The molecular formula is C17H10F26O5. The first-order valence-electron chi connectivity index (χ1n) is 10.9. The van der Waals surface area contributed by atoms with E-state index in [1.807, 2.05) is 4.74 Å². The summed E-state index contributed by atoms with van der Waals surface area (Å²) in [5, 5.41) is 0. The first kappa shape index (κ1) is 46.0. The highest BCUT2D eigenvalue weighted by atomic mass is 19.4. The minimum atomic E-state index is -8.65. The molecule has 0 fully saturated rings. The molecule has 0 aliphatic carbocycles. The van der Waals surface area contributed by atoms with E-state index in [1.165, 1.54) is 4.74 Å². The maximum Gasteiger partial charge on any atom is 0.527 e. The number of hydrogen-bond acceptors (Lipinski definition) is 5. The van der Waals surface area contributed by atoms with E-state index in [-0.39, 0.29) is 0 Å². The van der Waals surface area contributed by atoms with E-state index in [1.54, 1.807) is 0 Å². The SMILES string of the molecule is FC(F)(F)CCCCCOC(F)(F)OC(F)(F)C(F)(F)OC(F)(F)C(F)(F)C(F)(F)OC(F)(F)C(F)(F)C(F)(F)C(F)(F)OC(F)(F)F. The number of halogens is 26. The molecule has 290 valence electrons. The third-order valence-electron chi connectivity index (χ3n) is 4.57. The molecule has 0 N–H and O–H groups in total. The summed E-state index contributed by atoms with van der Waals surface area (Å²) in [5.74, 6) is -25.7. The molecule has 0 heterocycles. The van der Waals surface area contributed by atoms with Crippen LogP contribution < -0.4 is 0 Å². The van der Waals surface area contributed by atoms with Crippen molar-refractivity contribution in [3.63, 3.8) is 0 Å². The van der Waals surface area contributed by atoms with Gasteiger partial charge in [-0.05, 0) is 12.8 Å². The van der Waals surface area contributed by atoms with Crippen LogP contribution in [0.4, 0.5) is 114 Å².